The Balaban J connectivity index is 1.75. The fourth-order valence-electron chi connectivity index (χ4n) is 2.42. The van der Waals surface area contributed by atoms with E-state index in [2.05, 4.69) is 10.6 Å². The fourth-order valence-corrected chi connectivity index (χ4v) is 2.42. The molecular weight excluding hydrogens is 331 g/mol. The van der Waals surface area contributed by atoms with Crippen LogP contribution in [0.25, 0.3) is 0 Å². The molecule has 0 saturated heterocycles. The number of aliphatic hydroxyl groups excluding tert-OH is 2. The second-order valence-electron chi connectivity index (χ2n) is 5.96. The van der Waals surface area contributed by atoms with E-state index in [0.29, 0.717) is 24.4 Å². The third kappa shape index (κ3) is 7.27. The second kappa shape index (κ2) is 10.6. The Kier molecular flexibility index (Phi) is 8.14. The lowest BCUT2D eigenvalue weighted by Gasteiger charge is -2.19. The average molecular weight is 354 g/mol. The number of amides is 1. The minimum absolute atomic E-state index is 0.0620. The van der Waals surface area contributed by atoms with Gasteiger partial charge in [-0.1, -0.05) is 30.3 Å². The number of para-hydroxylation sites is 1. The van der Waals surface area contributed by atoms with Crippen LogP contribution in [0.4, 0.5) is 10.5 Å². The summed E-state index contributed by atoms with van der Waals surface area (Å²) in [5, 5.41) is 25.2. The lowest BCUT2D eigenvalue weighted by Crippen LogP contribution is -2.41. The number of carbonyl (C=O) groups excluding carboxylic acids is 1. The molecule has 0 bridgehead atoms. The van der Waals surface area contributed by atoms with Gasteiger partial charge in [0.2, 0.25) is 7.85 Å². The number of nitrogens with one attached hydrogen (secondary N) is 2. The SMILES string of the molecule is [B]C(=O)Nc1ccc(C[C@@H](CO)NC[C@H](O)COc2ccccc2)cc1. The molecule has 2 atom stereocenters. The summed E-state index contributed by atoms with van der Waals surface area (Å²) in [6.45, 7) is 0.412. The lowest BCUT2D eigenvalue weighted by atomic mass is 10.1. The molecule has 0 aromatic heterocycles. The van der Waals surface area contributed by atoms with E-state index in [-0.39, 0.29) is 19.3 Å². The van der Waals surface area contributed by atoms with Gasteiger partial charge in [-0.15, -0.1) is 0 Å². The second-order valence-corrected chi connectivity index (χ2v) is 5.96. The zero-order valence-corrected chi connectivity index (χ0v) is 14.5. The van der Waals surface area contributed by atoms with Crippen molar-refractivity contribution < 1.29 is 19.7 Å². The van der Waals surface area contributed by atoms with Crippen molar-refractivity contribution in [1.29, 1.82) is 0 Å². The Morgan fingerprint density at radius 3 is 2.42 bits per heavy atom. The molecule has 0 aliphatic rings. The van der Waals surface area contributed by atoms with Crippen LogP contribution in [0.15, 0.2) is 54.6 Å². The highest BCUT2D eigenvalue weighted by Crippen LogP contribution is 2.11. The molecule has 0 aliphatic heterocycles. The standard InChI is InChI=1S/C19H23BN2O4/c20-19(25)22-15-8-6-14(7-9-15)10-16(12-23)21-11-17(24)13-26-18-4-2-1-3-5-18/h1-9,16-17,21,23-24H,10-13H2,(H,22,25)/t16-,17-/m0/s1. The number of benzene rings is 2. The topological polar surface area (TPSA) is 90.8 Å². The van der Waals surface area contributed by atoms with Crippen LogP contribution in [-0.4, -0.2) is 55.8 Å². The molecular formula is C19H23BN2O4. The molecule has 0 heterocycles. The van der Waals surface area contributed by atoms with Crippen molar-refractivity contribution in [3.05, 3.63) is 60.2 Å². The molecule has 6 nitrogen and oxygen atoms in total. The Labute approximate surface area is 154 Å². The van der Waals surface area contributed by atoms with E-state index in [9.17, 15) is 15.0 Å². The van der Waals surface area contributed by atoms with Gasteiger partial charge in [-0.3, -0.25) is 4.79 Å². The largest absolute Gasteiger partial charge is 0.491 e. The maximum absolute atomic E-state index is 10.8. The number of carbonyl (C=O) groups is 1. The number of hydrogen-bond donors (Lipinski definition) is 4. The van der Waals surface area contributed by atoms with Crippen LogP contribution in [0.2, 0.25) is 0 Å². The van der Waals surface area contributed by atoms with Gasteiger partial charge in [0.1, 0.15) is 18.5 Å². The molecule has 2 aromatic carbocycles. The van der Waals surface area contributed by atoms with Crippen molar-refractivity contribution >= 4 is 19.3 Å². The molecule has 0 aliphatic carbocycles. The van der Waals surface area contributed by atoms with Gasteiger partial charge in [0, 0.05) is 18.3 Å². The van der Waals surface area contributed by atoms with Crippen molar-refractivity contribution in [2.45, 2.75) is 18.6 Å². The van der Waals surface area contributed by atoms with E-state index in [0.717, 1.165) is 5.56 Å². The highest BCUT2D eigenvalue weighted by molar-refractivity contribution is 6.60. The molecule has 7 heteroatoms. The van der Waals surface area contributed by atoms with E-state index < -0.39 is 11.9 Å². The molecule has 4 N–H and O–H groups in total. The average Bonchev–Trinajstić information content (AvgIpc) is 2.65. The Morgan fingerprint density at radius 2 is 1.81 bits per heavy atom. The van der Waals surface area contributed by atoms with E-state index in [1.165, 1.54) is 0 Å². The van der Waals surface area contributed by atoms with Crippen molar-refractivity contribution in [1.82, 2.24) is 5.32 Å². The normalized spacial score (nSPS) is 13.0. The van der Waals surface area contributed by atoms with Crippen molar-refractivity contribution in [3.8, 4) is 5.75 Å². The van der Waals surface area contributed by atoms with E-state index >= 15 is 0 Å². The first-order valence-corrected chi connectivity index (χ1v) is 8.42. The zero-order valence-electron chi connectivity index (χ0n) is 14.5. The maximum atomic E-state index is 10.8. The van der Waals surface area contributed by atoms with Crippen LogP contribution in [0.3, 0.4) is 0 Å². The zero-order chi connectivity index (χ0) is 18.8. The molecule has 2 rings (SSSR count). The Bertz CT molecular complexity index is 667. The number of aliphatic hydroxyl groups is 2. The quantitative estimate of drug-likeness (QED) is 0.483. The molecule has 1 amide bonds. The van der Waals surface area contributed by atoms with Gasteiger partial charge < -0.3 is 25.6 Å². The molecule has 0 fully saturated rings. The summed E-state index contributed by atoms with van der Waals surface area (Å²) in [5.74, 6) is 0.0919. The van der Waals surface area contributed by atoms with Gasteiger partial charge in [0.15, 0.2) is 5.81 Å². The van der Waals surface area contributed by atoms with Crippen LogP contribution < -0.4 is 15.4 Å². The van der Waals surface area contributed by atoms with E-state index in [1.807, 2.05) is 42.5 Å². The predicted octanol–water partition coefficient (Wildman–Crippen LogP) is 1.32. The fraction of sp³-hybridized carbons (Fsp3) is 0.316. The van der Waals surface area contributed by atoms with E-state index in [4.69, 9.17) is 12.6 Å². The van der Waals surface area contributed by atoms with Crippen LogP contribution in [0.1, 0.15) is 5.56 Å². The predicted molar refractivity (Wildman–Crippen MR) is 102 cm³/mol. The first-order valence-electron chi connectivity index (χ1n) is 8.42. The monoisotopic (exact) mass is 354 g/mol. The molecule has 0 spiro atoms. The minimum Gasteiger partial charge on any atom is -0.491 e. The van der Waals surface area contributed by atoms with Crippen LogP contribution >= 0.6 is 0 Å². The van der Waals surface area contributed by atoms with Gasteiger partial charge in [-0.05, 0) is 36.2 Å². The summed E-state index contributed by atoms with van der Waals surface area (Å²) in [6.07, 6.45) is -0.106. The highest BCUT2D eigenvalue weighted by Gasteiger charge is 2.12. The van der Waals surface area contributed by atoms with Crippen LogP contribution in [0, 0.1) is 0 Å². The molecule has 2 aromatic rings. The van der Waals surface area contributed by atoms with Gasteiger partial charge in [-0.25, -0.2) is 0 Å². The molecule has 136 valence electrons. The molecule has 0 unspecified atom stereocenters. The lowest BCUT2D eigenvalue weighted by molar-refractivity contribution is 0.0997. The summed E-state index contributed by atoms with van der Waals surface area (Å²) in [6, 6.07) is 16.3. The molecule has 2 radical (unpaired) electrons. The van der Waals surface area contributed by atoms with Gasteiger partial charge in [0.05, 0.1) is 6.61 Å². The minimum atomic E-state index is -0.689. The third-order valence-corrected chi connectivity index (χ3v) is 3.75. The summed E-state index contributed by atoms with van der Waals surface area (Å²) in [7, 11) is 5.07. The number of hydrogen-bond acceptors (Lipinski definition) is 5. The molecule has 26 heavy (non-hydrogen) atoms. The number of ether oxygens (including phenoxy) is 1. The highest BCUT2D eigenvalue weighted by atomic mass is 16.5. The van der Waals surface area contributed by atoms with Gasteiger partial charge in [0.25, 0.3) is 0 Å². The van der Waals surface area contributed by atoms with Crippen molar-refractivity contribution in [2.75, 3.05) is 25.1 Å². The number of anilines is 1. The van der Waals surface area contributed by atoms with Crippen LogP contribution in [-0.2, 0) is 6.42 Å². The van der Waals surface area contributed by atoms with Crippen molar-refractivity contribution in [3.63, 3.8) is 0 Å². The first-order chi connectivity index (χ1) is 12.6. The van der Waals surface area contributed by atoms with Gasteiger partial charge >= 0.3 is 0 Å². The van der Waals surface area contributed by atoms with Crippen LogP contribution in [0.5, 0.6) is 5.75 Å². The van der Waals surface area contributed by atoms with Crippen molar-refractivity contribution in [2.24, 2.45) is 0 Å². The summed E-state index contributed by atoms with van der Waals surface area (Å²) in [4.78, 5) is 10.8. The smallest absolute Gasteiger partial charge is 0.201 e. The third-order valence-electron chi connectivity index (χ3n) is 3.75. The summed E-state index contributed by atoms with van der Waals surface area (Å²) < 4.78 is 5.50. The van der Waals surface area contributed by atoms with Gasteiger partial charge in [-0.2, -0.15) is 0 Å². The molecule has 0 saturated carbocycles. The first kappa shape index (κ1) is 20.0. The Morgan fingerprint density at radius 1 is 1.12 bits per heavy atom. The maximum Gasteiger partial charge on any atom is 0.201 e. The number of rotatable bonds is 10. The van der Waals surface area contributed by atoms with E-state index in [1.54, 1.807) is 12.1 Å². The summed E-state index contributed by atoms with van der Waals surface area (Å²) >= 11 is 0. The summed E-state index contributed by atoms with van der Waals surface area (Å²) in [5.41, 5.74) is 1.60. The Hall–Kier alpha value is -2.35.